The Kier molecular flexibility index (Phi) is 4.56. The Balaban J connectivity index is 2.24. The summed E-state index contributed by atoms with van der Waals surface area (Å²) in [5, 5.41) is 0.299. The van der Waals surface area contributed by atoms with E-state index < -0.39 is 5.82 Å². The molecule has 0 aliphatic rings. The van der Waals surface area contributed by atoms with Gasteiger partial charge in [0.1, 0.15) is 22.5 Å². The molecule has 0 fully saturated rings. The Labute approximate surface area is 120 Å². The van der Waals surface area contributed by atoms with Gasteiger partial charge < -0.3 is 4.74 Å². The number of rotatable bonds is 4. The lowest BCUT2D eigenvalue weighted by Crippen LogP contribution is -1.97. The van der Waals surface area contributed by atoms with Gasteiger partial charge in [-0.15, -0.1) is 0 Å². The number of hydrogen-bond donors (Lipinski definition) is 0. The van der Waals surface area contributed by atoms with Gasteiger partial charge >= 0.3 is 0 Å². The molecule has 0 radical (unpaired) electrons. The molecule has 2 aromatic rings. The number of benzene rings is 1. The Morgan fingerprint density at radius 3 is 2.68 bits per heavy atom. The molecule has 0 aliphatic carbocycles. The summed E-state index contributed by atoms with van der Waals surface area (Å²) in [6.07, 6.45) is 1.61. The fourth-order valence-electron chi connectivity index (χ4n) is 1.49. The van der Waals surface area contributed by atoms with Crippen molar-refractivity contribution >= 4 is 23.2 Å². The van der Waals surface area contributed by atoms with Crippen LogP contribution in [0.2, 0.25) is 10.2 Å². The first-order valence-electron chi connectivity index (χ1n) is 5.75. The number of hydrogen-bond acceptors (Lipinski definition) is 3. The van der Waals surface area contributed by atoms with Gasteiger partial charge in [0.15, 0.2) is 0 Å². The van der Waals surface area contributed by atoms with Crippen molar-refractivity contribution in [1.29, 1.82) is 0 Å². The largest absolute Gasteiger partial charge is 0.439 e. The van der Waals surface area contributed by atoms with E-state index in [4.69, 9.17) is 27.9 Å². The number of nitrogens with zero attached hydrogens (tertiary/aromatic N) is 2. The average molecular weight is 301 g/mol. The number of aromatic nitrogens is 2. The molecule has 100 valence electrons. The van der Waals surface area contributed by atoms with Crippen LogP contribution >= 0.6 is 23.2 Å². The van der Waals surface area contributed by atoms with Crippen molar-refractivity contribution < 1.29 is 9.13 Å². The van der Waals surface area contributed by atoms with Crippen molar-refractivity contribution in [2.75, 3.05) is 0 Å². The molecule has 1 aromatic heterocycles. The first-order valence-corrected chi connectivity index (χ1v) is 6.50. The highest BCUT2D eigenvalue weighted by Crippen LogP contribution is 2.26. The van der Waals surface area contributed by atoms with Gasteiger partial charge in [-0.2, -0.15) is 4.98 Å². The molecule has 19 heavy (non-hydrogen) atoms. The zero-order valence-corrected chi connectivity index (χ0v) is 11.7. The van der Waals surface area contributed by atoms with E-state index >= 15 is 0 Å². The van der Waals surface area contributed by atoms with Gasteiger partial charge in [-0.05, 0) is 18.6 Å². The third kappa shape index (κ3) is 3.78. The molecular formula is C13H11Cl2FN2O. The second-order valence-corrected chi connectivity index (χ2v) is 4.67. The number of aryl methyl sites for hydroxylation is 1. The minimum Gasteiger partial charge on any atom is -0.439 e. The zero-order chi connectivity index (χ0) is 13.8. The van der Waals surface area contributed by atoms with Gasteiger partial charge in [-0.1, -0.05) is 30.1 Å². The highest BCUT2D eigenvalue weighted by Gasteiger charge is 2.07. The molecule has 0 saturated heterocycles. The summed E-state index contributed by atoms with van der Waals surface area (Å²) in [7, 11) is 0. The minimum absolute atomic E-state index is 0.00793. The van der Waals surface area contributed by atoms with Crippen LogP contribution in [0.3, 0.4) is 0 Å². The quantitative estimate of drug-likeness (QED) is 0.770. The van der Waals surface area contributed by atoms with Crippen LogP contribution in [0.25, 0.3) is 0 Å². The monoisotopic (exact) mass is 300 g/mol. The van der Waals surface area contributed by atoms with Crippen LogP contribution in [-0.4, -0.2) is 9.97 Å². The molecule has 0 saturated carbocycles. The molecule has 0 N–H and O–H groups in total. The van der Waals surface area contributed by atoms with Crippen molar-refractivity contribution in [2.45, 2.75) is 19.8 Å². The van der Waals surface area contributed by atoms with E-state index in [1.54, 1.807) is 0 Å². The summed E-state index contributed by atoms with van der Waals surface area (Å²) in [4.78, 5) is 8.30. The molecule has 1 heterocycles. The smallest absolute Gasteiger partial charge is 0.224 e. The molecule has 0 spiro atoms. The normalized spacial score (nSPS) is 10.5. The van der Waals surface area contributed by atoms with Gasteiger partial charge in [0, 0.05) is 18.6 Å². The second kappa shape index (κ2) is 6.17. The van der Waals surface area contributed by atoms with Crippen molar-refractivity contribution in [1.82, 2.24) is 9.97 Å². The predicted octanol–water partition coefficient (Wildman–Crippen LogP) is 4.67. The molecule has 0 bridgehead atoms. The predicted molar refractivity (Wildman–Crippen MR) is 72.5 cm³/mol. The van der Waals surface area contributed by atoms with Crippen LogP contribution in [0, 0.1) is 5.82 Å². The third-order valence-electron chi connectivity index (χ3n) is 2.30. The topological polar surface area (TPSA) is 35.0 Å². The van der Waals surface area contributed by atoms with Gasteiger partial charge in [-0.3, -0.25) is 0 Å². The Morgan fingerprint density at radius 1 is 1.21 bits per heavy atom. The maximum atomic E-state index is 13.0. The van der Waals surface area contributed by atoms with Crippen molar-refractivity contribution in [2.24, 2.45) is 0 Å². The van der Waals surface area contributed by atoms with Crippen LogP contribution in [0.15, 0.2) is 24.3 Å². The molecule has 1 aromatic carbocycles. The highest BCUT2D eigenvalue weighted by atomic mass is 35.5. The molecule has 6 heteroatoms. The molecular weight excluding hydrogens is 290 g/mol. The molecule has 0 atom stereocenters. The van der Waals surface area contributed by atoms with E-state index in [-0.39, 0.29) is 5.02 Å². The molecule has 2 rings (SSSR count). The second-order valence-electron chi connectivity index (χ2n) is 3.87. The lowest BCUT2D eigenvalue weighted by atomic mass is 10.3. The van der Waals surface area contributed by atoms with E-state index in [0.29, 0.717) is 29.0 Å². The van der Waals surface area contributed by atoms with E-state index in [1.165, 1.54) is 24.3 Å². The van der Waals surface area contributed by atoms with Crippen LogP contribution in [0.1, 0.15) is 19.2 Å². The average Bonchev–Trinajstić information content (AvgIpc) is 2.33. The third-order valence-corrected chi connectivity index (χ3v) is 2.79. The number of halogens is 3. The highest BCUT2D eigenvalue weighted by molar-refractivity contribution is 6.30. The van der Waals surface area contributed by atoms with Gasteiger partial charge in [0.2, 0.25) is 5.88 Å². The fraction of sp³-hybridized carbons (Fsp3) is 0.231. The zero-order valence-electron chi connectivity index (χ0n) is 10.2. The van der Waals surface area contributed by atoms with E-state index in [9.17, 15) is 4.39 Å². The Hall–Kier alpha value is -1.39. The van der Waals surface area contributed by atoms with Crippen LogP contribution in [-0.2, 0) is 6.42 Å². The molecule has 0 unspecified atom stereocenters. The van der Waals surface area contributed by atoms with Crippen molar-refractivity contribution in [3.63, 3.8) is 0 Å². The van der Waals surface area contributed by atoms with Crippen LogP contribution in [0.5, 0.6) is 11.6 Å². The minimum atomic E-state index is -0.499. The Bertz CT molecular complexity index is 593. The summed E-state index contributed by atoms with van der Waals surface area (Å²) < 4.78 is 18.5. The standard InChI is InChI=1S/C13H11Cl2FN2O/c1-2-3-12-17-11(15)7-13(18-12)19-8-4-5-10(16)9(14)6-8/h4-7H,2-3H2,1H3. The van der Waals surface area contributed by atoms with E-state index in [2.05, 4.69) is 9.97 Å². The summed E-state index contributed by atoms with van der Waals surface area (Å²) in [5.41, 5.74) is 0. The van der Waals surface area contributed by atoms with Crippen LogP contribution in [0.4, 0.5) is 4.39 Å². The number of ether oxygens (including phenoxy) is 1. The van der Waals surface area contributed by atoms with Gasteiger partial charge in [0.05, 0.1) is 5.02 Å². The maximum Gasteiger partial charge on any atom is 0.224 e. The van der Waals surface area contributed by atoms with Crippen molar-refractivity contribution in [3.05, 3.63) is 46.1 Å². The maximum absolute atomic E-state index is 13.0. The summed E-state index contributed by atoms with van der Waals surface area (Å²) >= 11 is 11.6. The first kappa shape index (κ1) is 14.0. The lowest BCUT2D eigenvalue weighted by Gasteiger charge is -2.07. The lowest BCUT2D eigenvalue weighted by molar-refractivity contribution is 0.457. The van der Waals surface area contributed by atoms with Gasteiger partial charge in [0.25, 0.3) is 0 Å². The van der Waals surface area contributed by atoms with Gasteiger partial charge in [-0.25, -0.2) is 9.37 Å². The summed E-state index contributed by atoms with van der Waals surface area (Å²) in [5.74, 6) is 0.814. The fourth-order valence-corrected chi connectivity index (χ4v) is 1.85. The van der Waals surface area contributed by atoms with Crippen molar-refractivity contribution in [3.8, 4) is 11.6 Å². The Morgan fingerprint density at radius 2 is 2.00 bits per heavy atom. The molecule has 3 nitrogen and oxygen atoms in total. The van der Waals surface area contributed by atoms with Crippen LogP contribution < -0.4 is 4.74 Å². The SMILES string of the molecule is CCCc1nc(Cl)cc(Oc2ccc(F)c(Cl)c2)n1. The van der Waals surface area contributed by atoms with E-state index in [1.807, 2.05) is 6.92 Å². The van der Waals surface area contributed by atoms with E-state index in [0.717, 1.165) is 6.42 Å². The molecule has 0 amide bonds. The summed E-state index contributed by atoms with van der Waals surface area (Å²) in [6, 6.07) is 5.58. The molecule has 0 aliphatic heterocycles. The summed E-state index contributed by atoms with van der Waals surface area (Å²) in [6.45, 7) is 2.02. The first-order chi connectivity index (χ1) is 9.08.